The van der Waals surface area contributed by atoms with Crippen LogP contribution in [0.15, 0.2) is 46.7 Å². The third-order valence-electron chi connectivity index (χ3n) is 6.28. The number of urea groups is 1. The van der Waals surface area contributed by atoms with E-state index in [1.807, 2.05) is 19.1 Å². The molecule has 0 saturated heterocycles. The van der Waals surface area contributed by atoms with Gasteiger partial charge >= 0.3 is 12.0 Å². The number of ether oxygens (including phenoxy) is 4. The number of nitrogens with one attached hydrogen (secondary N) is 3. The highest BCUT2D eigenvalue weighted by Crippen LogP contribution is 2.34. The largest absolute Gasteiger partial charge is 0.496 e. The zero-order chi connectivity index (χ0) is 29.4. The first-order valence-corrected chi connectivity index (χ1v) is 12.9. The number of amides is 3. The van der Waals surface area contributed by atoms with Crippen LogP contribution in [0.3, 0.4) is 0 Å². The highest BCUT2D eigenvalue weighted by atomic mass is 16.5. The molecule has 1 aliphatic heterocycles. The van der Waals surface area contributed by atoms with E-state index in [1.54, 1.807) is 45.4 Å². The molecule has 0 spiro atoms. The van der Waals surface area contributed by atoms with Crippen molar-refractivity contribution in [1.82, 2.24) is 16.1 Å². The monoisotopic (exact) mass is 552 g/mol. The van der Waals surface area contributed by atoms with E-state index >= 15 is 0 Å². The van der Waals surface area contributed by atoms with Crippen LogP contribution in [0.25, 0.3) is 0 Å². The SMILES string of the molecule is CCOC(=O)C1=C(C)NC(=O)N[C@@H]1c1ccc(OCC(=O)N/N=C\c2cc(C(C)C)c(OC)cc2C)c(OC)c1. The Morgan fingerprint density at radius 1 is 1.07 bits per heavy atom. The average Bonchev–Trinajstić information content (AvgIpc) is 2.91. The number of hydrogen-bond donors (Lipinski definition) is 3. The van der Waals surface area contributed by atoms with Crippen molar-refractivity contribution in [3.8, 4) is 17.2 Å². The number of benzene rings is 2. The lowest BCUT2D eigenvalue weighted by Crippen LogP contribution is -2.45. The van der Waals surface area contributed by atoms with Crippen molar-refractivity contribution < 1.29 is 33.3 Å². The third-order valence-corrected chi connectivity index (χ3v) is 6.28. The first-order valence-electron chi connectivity index (χ1n) is 12.9. The fraction of sp³-hybridized carbons (Fsp3) is 0.379. The molecule has 0 unspecified atom stereocenters. The fourth-order valence-corrected chi connectivity index (χ4v) is 4.24. The lowest BCUT2D eigenvalue weighted by Gasteiger charge is -2.28. The molecule has 11 nitrogen and oxygen atoms in total. The Morgan fingerprint density at radius 3 is 2.45 bits per heavy atom. The molecule has 1 atom stereocenters. The van der Waals surface area contributed by atoms with Crippen LogP contribution in [-0.4, -0.2) is 51.6 Å². The van der Waals surface area contributed by atoms with Gasteiger partial charge in [0.2, 0.25) is 0 Å². The van der Waals surface area contributed by atoms with Crippen molar-refractivity contribution in [3.05, 3.63) is 63.9 Å². The third kappa shape index (κ3) is 7.10. The van der Waals surface area contributed by atoms with E-state index < -0.39 is 23.9 Å². The molecule has 1 aliphatic rings. The molecule has 0 fully saturated rings. The minimum atomic E-state index is -0.758. The molecule has 214 valence electrons. The molecule has 1 heterocycles. The van der Waals surface area contributed by atoms with E-state index in [-0.39, 0.29) is 24.7 Å². The Hall–Kier alpha value is -4.54. The van der Waals surface area contributed by atoms with Gasteiger partial charge < -0.3 is 29.6 Å². The second kappa shape index (κ2) is 13.5. The van der Waals surface area contributed by atoms with Crippen molar-refractivity contribution in [1.29, 1.82) is 0 Å². The summed E-state index contributed by atoms with van der Waals surface area (Å²) in [5.41, 5.74) is 6.59. The highest BCUT2D eigenvalue weighted by Gasteiger charge is 2.32. The van der Waals surface area contributed by atoms with Crippen LogP contribution in [-0.2, 0) is 14.3 Å². The van der Waals surface area contributed by atoms with E-state index in [0.29, 0.717) is 22.8 Å². The lowest BCUT2D eigenvalue weighted by atomic mass is 9.95. The summed E-state index contributed by atoms with van der Waals surface area (Å²) in [6.07, 6.45) is 1.58. The molecule has 11 heteroatoms. The summed E-state index contributed by atoms with van der Waals surface area (Å²) in [5, 5.41) is 9.40. The molecule has 3 rings (SSSR count). The van der Waals surface area contributed by atoms with E-state index in [0.717, 1.165) is 22.4 Å². The molecule has 2 aromatic rings. The van der Waals surface area contributed by atoms with E-state index in [2.05, 4.69) is 35.0 Å². The van der Waals surface area contributed by atoms with Gasteiger partial charge in [-0.15, -0.1) is 0 Å². The Morgan fingerprint density at radius 2 is 1.80 bits per heavy atom. The molecule has 0 radical (unpaired) electrons. The van der Waals surface area contributed by atoms with Crippen molar-refractivity contribution in [2.75, 3.05) is 27.4 Å². The number of carbonyl (C=O) groups excluding carboxylic acids is 3. The summed E-state index contributed by atoms with van der Waals surface area (Å²) in [6, 6.07) is 7.64. The van der Waals surface area contributed by atoms with Gasteiger partial charge in [0.1, 0.15) is 5.75 Å². The van der Waals surface area contributed by atoms with Crippen molar-refractivity contribution in [2.45, 2.75) is 46.6 Å². The summed E-state index contributed by atoms with van der Waals surface area (Å²) >= 11 is 0. The normalized spacial score (nSPS) is 15.0. The molecular weight excluding hydrogens is 516 g/mol. The molecule has 40 heavy (non-hydrogen) atoms. The van der Waals surface area contributed by atoms with Gasteiger partial charge in [-0.3, -0.25) is 4.79 Å². The Balaban J connectivity index is 1.69. The number of hydrogen-bond acceptors (Lipinski definition) is 8. The Labute approximate surface area is 233 Å². The molecule has 0 aromatic heterocycles. The fourth-order valence-electron chi connectivity index (χ4n) is 4.24. The van der Waals surface area contributed by atoms with Crippen molar-refractivity contribution >= 4 is 24.1 Å². The number of esters is 1. The first-order chi connectivity index (χ1) is 19.1. The van der Waals surface area contributed by atoms with Crippen molar-refractivity contribution in [3.63, 3.8) is 0 Å². The first kappa shape index (κ1) is 30.0. The van der Waals surface area contributed by atoms with Gasteiger partial charge in [0.25, 0.3) is 5.91 Å². The molecule has 0 aliphatic carbocycles. The van der Waals surface area contributed by atoms with E-state index in [1.165, 1.54) is 7.11 Å². The van der Waals surface area contributed by atoms with Gasteiger partial charge in [-0.2, -0.15) is 5.10 Å². The van der Waals surface area contributed by atoms with Crippen LogP contribution in [0.4, 0.5) is 4.79 Å². The molecule has 2 aromatic carbocycles. The summed E-state index contributed by atoms with van der Waals surface area (Å²) < 4.78 is 21.8. The number of hydrazone groups is 1. The van der Waals surface area contributed by atoms with Gasteiger partial charge in [0.15, 0.2) is 18.1 Å². The standard InChI is InChI=1S/C29H36N4O7/c1-8-39-28(35)26-18(5)31-29(36)32-27(26)19-9-10-22(24(13-19)38-7)40-15-25(34)33-30-14-20-12-21(16(2)3)23(37-6)11-17(20)4/h9-14,16,27H,8,15H2,1-7H3,(H,33,34)(H2,31,32,36)/b30-14-/t27-/m1/s1. The van der Waals surface area contributed by atoms with Crippen LogP contribution < -0.4 is 30.3 Å². The lowest BCUT2D eigenvalue weighted by molar-refractivity contribution is -0.139. The minimum Gasteiger partial charge on any atom is -0.496 e. The summed E-state index contributed by atoms with van der Waals surface area (Å²) in [6.45, 7) is 9.31. The number of carbonyl (C=O) groups is 3. The summed E-state index contributed by atoms with van der Waals surface area (Å²) in [7, 11) is 3.09. The second-order valence-corrected chi connectivity index (χ2v) is 9.39. The predicted octanol–water partition coefficient (Wildman–Crippen LogP) is 3.86. The topological polar surface area (TPSA) is 137 Å². The van der Waals surface area contributed by atoms with Gasteiger partial charge in [-0.25, -0.2) is 15.0 Å². The Bertz CT molecular complexity index is 1330. The van der Waals surface area contributed by atoms with Crippen LogP contribution in [0.2, 0.25) is 0 Å². The number of allylic oxidation sites excluding steroid dienone is 1. The predicted molar refractivity (Wildman–Crippen MR) is 150 cm³/mol. The van der Waals surface area contributed by atoms with Gasteiger partial charge in [0.05, 0.1) is 38.7 Å². The maximum absolute atomic E-state index is 12.6. The van der Waals surface area contributed by atoms with Gasteiger partial charge in [0, 0.05) is 5.70 Å². The summed E-state index contributed by atoms with van der Waals surface area (Å²) in [5.74, 6) is 0.683. The quantitative estimate of drug-likeness (QED) is 0.219. The molecular formula is C29H36N4O7. The average molecular weight is 553 g/mol. The molecule has 3 N–H and O–H groups in total. The van der Waals surface area contributed by atoms with Crippen molar-refractivity contribution in [2.24, 2.45) is 5.10 Å². The van der Waals surface area contributed by atoms with Crippen LogP contribution in [0, 0.1) is 6.92 Å². The van der Waals surface area contributed by atoms with Crippen LogP contribution in [0.5, 0.6) is 17.2 Å². The van der Waals surface area contributed by atoms with E-state index in [4.69, 9.17) is 18.9 Å². The number of rotatable bonds is 11. The second-order valence-electron chi connectivity index (χ2n) is 9.39. The Kier molecular flexibility index (Phi) is 10.1. The summed E-state index contributed by atoms with van der Waals surface area (Å²) in [4.78, 5) is 37.1. The maximum Gasteiger partial charge on any atom is 0.338 e. The molecule has 0 bridgehead atoms. The minimum absolute atomic E-state index is 0.192. The van der Waals surface area contributed by atoms with Crippen LogP contribution in [0.1, 0.15) is 61.9 Å². The number of aryl methyl sites for hydroxylation is 1. The molecule has 3 amide bonds. The smallest absolute Gasteiger partial charge is 0.338 e. The zero-order valence-electron chi connectivity index (χ0n) is 23.8. The zero-order valence-corrected chi connectivity index (χ0v) is 23.8. The highest BCUT2D eigenvalue weighted by molar-refractivity contribution is 5.95. The van der Waals surface area contributed by atoms with Gasteiger partial charge in [-0.05, 0) is 73.2 Å². The van der Waals surface area contributed by atoms with E-state index in [9.17, 15) is 14.4 Å². The number of nitrogens with zero attached hydrogens (tertiary/aromatic N) is 1. The van der Waals surface area contributed by atoms with Gasteiger partial charge in [-0.1, -0.05) is 19.9 Å². The maximum atomic E-state index is 12.6. The van der Waals surface area contributed by atoms with Crippen LogP contribution >= 0.6 is 0 Å². The molecule has 0 saturated carbocycles. The number of methoxy groups -OCH3 is 2.